The third-order valence-electron chi connectivity index (χ3n) is 2.80. The molecule has 0 saturated carbocycles. The second kappa shape index (κ2) is 12.0. The monoisotopic (exact) mass is 438 g/mol. The number of hydrogen-bond acceptors (Lipinski definition) is 4. The average Bonchev–Trinajstić information content (AvgIpc) is 2.43. The molecule has 0 heterocycles. The molecule has 2 N–H and O–H groups in total. The third kappa shape index (κ3) is 11.9. The lowest BCUT2D eigenvalue weighted by molar-refractivity contribution is -0.655. The lowest BCUT2D eigenvalue weighted by atomic mass is 10.2. The molecule has 0 bridgehead atoms. The van der Waals surface area contributed by atoms with Crippen molar-refractivity contribution in [3.05, 3.63) is 4.13 Å². The highest BCUT2D eigenvalue weighted by Crippen LogP contribution is 2.36. The fraction of sp³-hybridized carbons (Fsp3) is 1.00. The summed E-state index contributed by atoms with van der Waals surface area (Å²) in [6.45, 7) is 7.20. The highest BCUT2D eigenvalue weighted by molar-refractivity contribution is 8.13. The Labute approximate surface area is 149 Å². The third-order valence-corrected chi connectivity index (χ3v) is 5.54. The lowest BCUT2D eigenvalue weighted by Crippen LogP contribution is -2.84. The molecule has 0 radical (unpaired) electrons. The minimum atomic E-state index is -6.72. The minimum Gasteiger partial charge on any atom is -0.421 e. The summed E-state index contributed by atoms with van der Waals surface area (Å²) < 4.78 is 109. The summed E-state index contributed by atoms with van der Waals surface area (Å²) in [5, 5.41) is 2.46. The van der Waals surface area contributed by atoms with Crippen LogP contribution in [-0.2, 0) is 20.0 Å². The molecule has 0 spiro atoms. The van der Waals surface area contributed by atoms with E-state index in [1.807, 2.05) is 0 Å². The topological polar surface area (TPSA) is 99.0 Å². The number of halogens is 6. The van der Waals surface area contributed by atoms with Gasteiger partial charge in [0.15, 0.2) is 20.0 Å². The Bertz CT molecular complexity index is 524. The first-order valence-corrected chi connectivity index (χ1v) is 10.7. The molecule has 0 aromatic carbocycles. The Kier molecular flexibility index (Phi) is 12.7. The van der Waals surface area contributed by atoms with Crippen LogP contribution >= 0.6 is 0 Å². The Balaban J connectivity index is 0. The molecule has 160 valence electrons. The Morgan fingerprint density at radius 3 is 1.42 bits per heavy atom. The second-order valence-electron chi connectivity index (χ2n) is 5.20. The van der Waals surface area contributed by atoms with E-state index in [1.165, 1.54) is 51.6 Å². The Morgan fingerprint density at radius 1 is 0.692 bits per heavy atom. The second-order valence-corrected chi connectivity index (χ2v) is 8.62. The van der Waals surface area contributed by atoms with E-state index in [1.54, 1.807) is 0 Å². The van der Waals surface area contributed by atoms with Crippen LogP contribution in [-0.4, -0.2) is 40.9 Å². The molecule has 6 nitrogen and oxygen atoms in total. The molecule has 0 aliphatic heterocycles. The van der Waals surface area contributed by atoms with Gasteiger partial charge < -0.3 is 9.44 Å². The zero-order valence-corrected chi connectivity index (χ0v) is 16.0. The average molecular weight is 438 g/mol. The van der Waals surface area contributed by atoms with Gasteiger partial charge in [-0.25, -0.2) is 16.8 Å². The van der Waals surface area contributed by atoms with E-state index >= 15 is 0 Å². The van der Waals surface area contributed by atoms with Crippen molar-refractivity contribution in [3.63, 3.8) is 0 Å². The predicted octanol–water partition coefficient (Wildman–Crippen LogP) is 2.99. The van der Waals surface area contributed by atoms with Gasteiger partial charge in [0.25, 0.3) is 0 Å². The molecule has 0 aromatic rings. The molecule has 0 atom stereocenters. The molecule has 14 heteroatoms. The van der Waals surface area contributed by atoms with E-state index in [2.05, 4.69) is 19.2 Å². The summed E-state index contributed by atoms with van der Waals surface area (Å²) in [6, 6.07) is 0. The highest BCUT2D eigenvalue weighted by Gasteiger charge is 2.46. The first-order chi connectivity index (χ1) is 11.6. The van der Waals surface area contributed by atoms with Crippen molar-refractivity contribution in [1.82, 2.24) is 0 Å². The van der Waals surface area contributed by atoms with Crippen molar-refractivity contribution in [2.75, 3.05) is 13.1 Å². The molecular weight excluding hydrogens is 414 g/mol. The van der Waals surface area contributed by atoms with Gasteiger partial charge in [-0.05, 0) is 19.3 Å². The van der Waals surface area contributed by atoms with Gasteiger partial charge >= 0.3 is 11.0 Å². The van der Waals surface area contributed by atoms with Crippen molar-refractivity contribution in [3.8, 4) is 0 Å². The fourth-order valence-electron chi connectivity index (χ4n) is 1.42. The van der Waals surface area contributed by atoms with Crippen LogP contribution in [0.15, 0.2) is 0 Å². The fourth-order valence-corrected chi connectivity index (χ4v) is 3.13. The van der Waals surface area contributed by atoms with Gasteiger partial charge in [0.2, 0.25) is 0 Å². The van der Waals surface area contributed by atoms with E-state index < -0.39 is 31.1 Å². The SMILES string of the molecule is CCCCCC[NH2+]CCCC.O=S(=O)([N-]S(=O)(=O)C(F)(F)F)C(F)(F)F. The summed E-state index contributed by atoms with van der Waals surface area (Å²) in [7, 11) is -13.4. The summed E-state index contributed by atoms with van der Waals surface area (Å²) in [5.74, 6) is 0. The zero-order valence-electron chi connectivity index (χ0n) is 14.4. The van der Waals surface area contributed by atoms with Gasteiger partial charge in [-0.3, -0.25) is 0 Å². The summed E-state index contributed by atoms with van der Waals surface area (Å²) in [5.41, 5.74) is -12.4. The van der Waals surface area contributed by atoms with Crippen LogP contribution < -0.4 is 5.32 Å². The maximum absolute atomic E-state index is 11.4. The van der Waals surface area contributed by atoms with Gasteiger partial charge in [-0.2, -0.15) is 26.3 Å². The van der Waals surface area contributed by atoms with E-state index in [0.29, 0.717) is 0 Å². The van der Waals surface area contributed by atoms with Gasteiger partial charge in [0, 0.05) is 0 Å². The van der Waals surface area contributed by atoms with Gasteiger partial charge in [-0.15, -0.1) is 0 Å². The van der Waals surface area contributed by atoms with E-state index in [4.69, 9.17) is 0 Å². The van der Waals surface area contributed by atoms with Crippen LogP contribution in [0.5, 0.6) is 0 Å². The van der Waals surface area contributed by atoms with Crippen molar-refractivity contribution in [1.29, 1.82) is 0 Å². The largest absolute Gasteiger partial charge is 0.480 e. The van der Waals surface area contributed by atoms with Crippen LogP contribution in [0.1, 0.15) is 52.4 Å². The smallest absolute Gasteiger partial charge is 0.421 e. The Morgan fingerprint density at radius 2 is 1.08 bits per heavy atom. The standard InChI is InChI=1S/C10H23N.C2F6NO4S2/c1-3-5-7-8-10-11-9-6-4-2;3-1(4,5)14(10,11)9-15(12,13)2(6,7)8/h11H,3-10H2,1-2H3;/q;-1/p+1. The molecule has 0 aliphatic rings. The molecule has 26 heavy (non-hydrogen) atoms. The van der Waals surface area contributed by atoms with E-state index in [9.17, 15) is 43.2 Å². The number of nitrogens with zero attached hydrogens (tertiary/aromatic N) is 1. The molecule has 0 rings (SSSR count). The lowest BCUT2D eigenvalue weighted by Gasteiger charge is -2.22. The zero-order chi connectivity index (χ0) is 21.1. The molecule has 0 unspecified atom stereocenters. The Hall–Kier alpha value is -0.600. The van der Waals surface area contributed by atoms with Crippen molar-refractivity contribution >= 4 is 20.0 Å². The van der Waals surface area contributed by atoms with Crippen LogP contribution in [0.2, 0.25) is 0 Å². The molecule has 0 saturated heterocycles. The van der Waals surface area contributed by atoms with Crippen LogP contribution in [0.3, 0.4) is 0 Å². The number of sulfonamides is 2. The number of quaternary nitrogens is 1. The molecule has 0 amide bonds. The number of rotatable bonds is 10. The van der Waals surface area contributed by atoms with Gasteiger partial charge in [-0.1, -0.05) is 33.1 Å². The first kappa shape index (κ1) is 27.6. The summed E-state index contributed by atoms with van der Waals surface area (Å²) in [4.78, 5) is 0. The van der Waals surface area contributed by atoms with Crippen molar-refractivity contribution in [2.24, 2.45) is 0 Å². The molecule has 0 aromatic heterocycles. The quantitative estimate of drug-likeness (QED) is 0.419. The highest BCUT2D eigenvalue weighted by atomic mass is 32.3. The van der Waals surface area contributed by atoms with Crippen LogP contribution in [0, 0.1) is 0 Å². The molecular formula is C12H24F6N2O4S2. The predicted molar refractivity (Wildman–Crippen MR) is 84.0 cm³/mol. The molecule has 0 aliphatic carbocycles. The maximum atomic E-state index is 11.4. The normalized spacial score (nSPS) is 13.2. The van der Waals surface area contributed by atoms with E-state index in [-0.39, 0.29) is 0 Å². The summed E-state index contributed by atoms with van der Waals surface area (Å²) in [6.07, 6.45) is 8.34. The number of hydrogen-bond donors (Lipinski definition) is 1. The number of alkyl halides is 6. The van der Waals surface area contributed by atoms with Crippen LogP contribution in [0.25, 0.3) is 4.13 Å². The van der Waals surface area contributed by atoms with Crippen molar-refractivity contribution < 1.29 is 48.5 Å². The first-order valence-electron chi connectivity index (χ1n) is 7.80. The van der Waals surface area contributed by atoms with Crippen LogP contribution in [0.4, 0.5) is 26.3 Å². The van der Waals surface area contributed by atoms with Crippen molar-refractivity contribution in [2.45, 2.75) is 63.4 Å². The van der Waals surface area contributed by atoms with Gasteiger partial charge in [0.1, 0.15) is 0 Å². The number of nitrogens with two attached hydrogens (primary N) is 1. The number of unbranched alkanes of at least 4 members (excludes halogenated alkanes) is 4. The summed E-state index contributed by atoms with van der Waals surface area (Å²) >= 11 is 0. The molecule has 0 fully saturated rings. The van der Waals surface area contributed by atoms with Gasteiger partial charge in [0.05, 0.1) is 13.1 Å². The minimum absolute atomic E-state index is 0.778. The van der Waals surface area contributed by atoms with E-state index in [0.717, 1.165) is 4.13 Å². The maximum Gasteiger partial charge on any atom is 0.480 e.